The summed E-state index contributed by atoms with van der Waals surface area (Å²) in [6.07, 6.45) is 5.46. The Hall–Kier alpha value is -3.00. The van der Waals surface area contributed by atoms with Gasteiger partial charge in [-0.1, -0.05) is 0 Å². The first-order valence-electron chi connectivity index (χ1n) is 12.5. The fraction of sp³-hybridized carbons (Fsp3) is 0.556. The van der Waals surface area contributed by atoms with Crippen LogP contribution in [0.4, 0.5) is 0 Å². The van der Waals surface area contributed by atoms with Crippen LogP contribution in [-0.2, 0) is 22.3 Å². The molecule has 0 saturated carbocycles. The topological polar surface area (TPSA) is 75.1 Å². The molecule has 0 spiro atoms. The predicted molar refractivity (Wildman–Crippen MR) is 132 cm³/mol. The summed E-state index contributed by atoms with van der Waals surface area (Å²) in [5.74, 6) is 2.74. The van der Waals surface area contributed by atoms with E-state index in [0.29, 0.717) is 55.8 Å². The first kappa shape index (κ1) is 23.7. The Morgan fingerprint density at radius 1 is 1.17 bits per heavy atom. The lowest BCUT2D eigenvalue weighted by Crippen LogP contribution is -2.55. The molecule has 2 aromatic rings. The zero-order chi connectivity index (χ0) is 24.7. The Balaban J connectivity index is 1.67. The molecule has 188 valence electrons. The third-order valence-electron chi connectivity index (χ3n) is 6.82. The van der Waals surface area contributed by atoms with Gasteiger partial charge in [-0.2, -0.15) is 0 Å². The number of aromatic nitrogens is 2. The Morgan fingerprint density at radius 2 is 2.00 bits per heavy atom. The summed E-state index contributed by atoms with van der Waals surface area (Å²) in [7, 11) is 1.66. The molecule has 1 aromatic carbocycles. The molecule has 1 aromatic heterocycles. The molecule has 0 N–H and O–H groups in total. The summed E-state index contributed by atoms with van der Waals surface area (Å²) in [4.78, 5) is 20.8. The number of morpholine rings is 1. The van der Waals surface area contributed by atoms with Crippen LogP contribution in [0.3, 0.4) is 0 Å². The number of nitrogens with zero attached hydrogens (tertiary/aromatic N) is 3. The molecule has 1 fully saturated rings. The number of aryl methyl sites for hydroxylation is 1. The number of hydrogen-bond acceptors (Lipinski definition) is 6. The second-order valence-corrected chi connectivity index (χ2v) is 10.2. The number of fused-ring (bicyclic) bond motifs is 3. The summed E-state index contributed by atoms with van der Waals surface area (Å²) >= 11 is 0. The van der Waals surface area contributed by atoms with E-state index < -0.39 is 5.54 Å². The number of allylic oxidation sites excluding steroid dienone is 1. The Morgan fingerprint density at radius 3 is 2.69 bits per heavy atom. The first-order valence-corrected chi connectivity index (χ1v) is 12.5. The molecule has 0 aliphatic carbocycles. The van der Waals surface area contributed by atoms with Crippen LogP contribution >= 0.6 is 0 Å². The van der Waals surface area contributed by atoms with Gasteiger partial charge in [0.2, 0.25) is 0 Å². The highest BCUT2D eigenvalue weighted by Crippen LogP contribution is 2.40. The van der Waals surface area contributed by atoms with Gasteiger partial charge < -0.3 is 23.8 Å². The summed E-state index contributed by atoms with van der Waals surface area (Å²) in [6.45, 7) is 10.3. The monoisotopic (exact) mass is 481 g/mol. The second-order valence-electron chi connectivity index (χ2n) is 10.2. The number of carbonyl (C=O) groups is 1. The number of benzene rings is 1. The summed E-state index contributed by atoms with van der Waals surface area (Å²) in [5, 5.41) is 0. The molecule has 0 unspecified atom stereocenters. The molecule has 4 heterocycles. The van der Waals surface area contributed by atoms with Crippen LogP contribution in [-0.4, -0.2) is 65.5 Å². The number of hydrogen-bond donors (Lipinski definition) is 0. The SMILES string of the molecule is COc1cc2c(cc1OC(C)C)-n1c(C3=CCCCO3)nc(C(=O)N3CCOCC3(C)C)c1CC2. The van der Waals surface area contributed by atoms with Gasteiger partial charge in [-0.25, -0.2) is 4.98 Å². The molecular formula is C27H35N3O5. The van der Waals surface area contributed by atoms with Crippen molar-refractivity contribution in [3.05, 3.63) is 41.0 Å². The lowest BCUT2D eigenvalue weighted by molar-refractivity contribution is -0.0373. The van der Waals surface area contributed by atoms with Crippen molar-refractivity contribution in [2.24, 2.45) is 0 Å². The fourth-order valence-corrected chi connectivity index (χ4v) is 5.11. The van der Waals surface area contributed by atoms with Gasteiger partial charge in [0.05, 0.1) is 50.0 Å². The summed E-state index contributed by atoms with van der Waals surface area (Å²) in [5.41, 5.74) is 3.10. The van der Waals surface area contributed by atoms with Gasteiger partial charge in [-0.3, -0.25) is 9.36 Å². The summed E-state index contributed by atoms with van der Waals surface area (Å²) in [6, 6.07) is 4.06. The van der Waals surface area contributed by atoms with Gasteiger partial charge >= 0.3 is 0 Å². The fourth-order valence-electron chi connectivity index (χ4n) is 5.11. The first-order chi connectivity index (χ1) is 16.8. The van der Waals surface area contributed by atoms with Crippen LogP contribution in [0, 0.1) is 0 Å². The third-order valence-corrected chi connectivity index (χ3v) is 6.82. The van der Waals surface area contributed by atoms with Crippen molar-refractivity contribution in [1.82, 2.24) is 14.5 Å². The minimum absolute atomic E-state index is 0.00246. The molecule has 0 radical (unpaired) electrons. The van der Waals surface area contributed by atoms with Crippen LogP contribution in [0.5, 0.6) is 11.5 Å². The van der Waals surface area contributed by atoms with Gasteiger partial charge in [-0.15, -0.1) is 0 Å². The van der Waals surface area contributed by atoms with Crippen molar-refractivity contribution in [3.63, 3.8) is 0 Å². The minimum atomic E-state index is -0.398. The molecule has 5 rings (SSSR count). The average molecular weight is 482 g/mol. The quantitative estimate of drug-likeness (QED) is 0.638. The molecule has 3 aliphatic rings. The van der Waals surface area contributed by atoms with Gasteiger partial charge in [0.1, 0.15) is 0 Å². The van der Waals surface area contributed by atoms with E-state index in [9.17, 15) is 4.79 Å². The second kappa shape index (κ2) is 9.22. The highest BCUT2D eigenvalue weighted by atomic mass is 16.5. The van der Waals surface area contributed by atoms with E-state index in [-0.39, 0.29) is 12.0 Å². The van der Waals surface area contributed by atoms with Crippen molar-refractivity contribution < 1.29 is 23.7 Å². The Labute approximate surface area is 206 Å². The van der Waals surface area contributed by atoms with Crippen LogP contribution in [0.25, 0.3) is 11.4 Å². The molecule has 8 nitrogen and oxygen atoms in total. The number of ether oxygens (including phenoxy) is 4. The number of methoxy groups -OCH3 is 1. The number of imidazole rings is 1. The molecule has 3 aliphatic heterocycles. The number of rotatable bonds is 5. The maximum atomic E-state index is 13.9. The van der Waals surface area contributed by atoms with E-state index in [2.05, 4.69) is 10.6 Å². The van der Waals surface area contributed by atoms with Crippen LogP contribution < -0.4 is 9.47 Å². The maximum Gasteiger partial charge on any atom is 0.274 e. The largest absolute Gasteiger partial charge is 0.493 e. The van der Waals surface area contributed by atoms with E-state index in [1.807, 2.05) is 44.7 Å². The zero-order valence-corrected chi connectivity index (χ0v) is 21.3. The standard InChI is InChI=1S/C27H35N3O5/c1-17(2)35-23-15-20-18(14-22(23)32-5)9-10-19-24(26(31)29-11-13-33-16-27(29,3)4)28-25(30(19)20)21-8-6-7-12-34-21/h8,14-15,17H,6-7,9-13,16H2,1-5H3. The lowest BCUT2D eigenvalue weighted by atomic mass is 9.98. The maximum absolute atomic E-state index is 13.9. The Bertz CT molecular complexity index is 1160. The highest BCUT2D eigenvalue weighted by Gasteiger charge is 2.39. The van der Waals surface area contributed by atoms with E-state index in [4.69, 9.17) is 23.9 Å². The predicted octanol–water partition coefficient (Wildman–Crippen LogP) is 4.17. The molecule has 1 saturated heterocycles. The molecule has 8 heteroatoms. The molecule has 0 atom stereocenters. The van der Waals surface area contributed by atoms with Gasteiger partial charge in [0, 0.05) is 12.6 Å². The van der Waals surface area contributed by atoms with Crippen LogP contribution in [0.15, 0.2) is 18.2 Å². The van der Waals surface area contributed by atoms with Gasteiger partial charge in [0.25, 0.3) is 5.91 Å². The van der Waals surface area contributed by atoms with Gasteiger partial charge in [-0.05, 0) is 71.1 Å². The van der Waals surface area contributed by atoms with E-state index in [1.54, 1.807) is 7.11 Å². The molecular weight excluding hydrogens is 446 g/mol. The average Bonchev–Trinajstić information content (AvgIpc) is 3.23. The van der Waals surface area contributed by atoms with Crippen molar-refractivity contribution in [3.8, 4) is 17.2 Å². The smallest absolute Gasteiger partial charge is 0.274 e. The third kappa shape index (κ3) is 4.29. The Kier molecular flexibility index (Phi) is 6.25. The number of amides is 1. The van der Waals surface area contributed by atoms with Crippen LogP contribution in [0.2, 0.25) is 0 Å². The normalized spacial score (nSPS) is 18.9. The highest BCUT2D eigenvalue weighted by molar-refractivity contribution is 5.95. The summed E-state index contributed by atoms with van der Waals surface area (Å²) < 4.78 is 25.5. The van der Waals surface area contributed by atoms with E-state index in [1.165, 1.54) is 0 Å². The van der Waals surface area contributed by atoms with E-state index >= 15 is 0 Å². The molecule has 35 heavy (non-hydrogen) atoms. The van der Waals surface area contributed by atoms with Crippen molar-refractivity contribution in [1.29, 1.82) is 0 Å². The zero-order valence-electron chi connectivity index (χ0n) is 21.3. The van der Waals surface area contributed by atoms with Crippen molar-refractivity contribution in [2.45, 2.75) is 65.0 Å². The molecule has 0 bridgehead atoms. The van der Waals surface area contributed by atoms with Crippen LogP contribution in [0.1, 0.15) is 68.1 Å². The van der Waals surface area contributed by atoms with Gasteiger partial charge in [0.15, 0.2) is 28.8 Å². The number of carbonyl (C=O) groups excluding carboxylic acids is 1. The lowest BCUT2D eigenvalue weighted by Gasteiger charge is -2.41. The van der Waals surface area contributed by atoms with Crippen molar-refractivity contribution >= 4 is 11.7 Å². The van der Waals surface area contributed by atoms with E-state index in [0.717, 1.165) is 42.0 Å². The molecule has 1 amide bonds. The van der Waals surface area contributed by atoms with Crippen molar-refractivity contribution in [2.75, 3.05) is 33.5 Å². The minimum Gasteiger partial charge on any atom is -0.493 e.